The van der Waals surface area contributed by atoms with E-state index in [2.05, 4.69) is 4.79 Å². The smallest absolute Gasteiger partial charge is 0.339 e. The van der Waals surface area contributed by atoms with Crippen molar-refractivity contribution >= 4 is 27.7 Å². The van der Waals surface area contributed by atoms with Gasteiger partial charge in [-0.25, -0.2) is 9.59 Å². The second kappa shape index (κ2) is 22.6. The predicted octanol–water partition coefficient (Wildman–Crippen LogP) is 11.6. The van der Waals surface area contributed by atoms with Gasteiger partial charge >= 0.3 is 17.0 Å². The Hall–Kier alpha value is -7.76. The number of benzene rings is 6. The fraction of sp³-hybridized carbons (Fsp3) is 0.232. The van der Waals surface area contributed by atoms with Crippen molar-refractivity contribution in [3.05, 3.63) is 217 Å². The van der Waals surface area contributed by atoms with Crippen molar-refractivity contribution in [3.63, 3.8) is 0 Å². The Bertz CT molecular complexity index is 3010. The first-order valence-electron chi connectivity index (χ1n) is 22.8. The van der Waals surface area contributed by atoms with Crippen LogP contribution in [0.5, 0.6) is 23.0 Å². The maximum Gasteiger partial charge on any atom is 0.339 e. The molecule has 0 spiro atoms. The van der Waals surface area contributed by atoms with Crippen LogP contribution in [0, 0.1) is 13.8 Å². The molecule has 6 aromatic carbocycles. The number of hydrogen-bond acceptors (Lipinski definition) is 10. The topological polar surface area (TPSA) is 163 Å². The molecule has 0 amide bonds. The summed E-state index contributed by atoms with van der Waals surface area (Å²) in [5.74, 6) is 1.65. The van der Waals surface area contributed by atoms with Crippen LogP contribution in [-0.4, -0.2) is 41.4 Å². The Morgan fingerprint density at radius 1 is 0.574 bits per heavy atom. The minimum atomic E-state index is -0.579. The molecule has 0 radical (unpaired) electrons. The average Bonchev–Trinajstić information content (AvgIpc) is 3.38. The van der Waals surface area contributed by atoms with Gasteiger partial charge in [0.2, 0.25) is 0 Å². The fourth-order valence-corrected chi connectivity index (χ4v) is 8.07. The lowest BCUT2D eigenvalue weighted by atomic mass is 10.0. The second-order valence-electron chi connectivity index (χ2n) is 16.3. The zero-order valence-corrected chi connectivity index (χ0v) is 37.9. The van der Waals surface area contributed by atoms with Gasteiger partial charge in [0.1, 0.15) is 40.3 Å². The van der Waals surface area contributed by atoms with E-state index in [0.29, 0.717) is 58.3 Å². The van der Waals surface area contributed by atoms with E-state index >= 15 is 0 Å². The lowest BCUT2D eigenvalue weighted by Crippen LogP contribution is -2.25. The third-order valence-corrected chi connectivity index (χ3v) is 11.6. The molecule has 0 bridgehead atoms. The van der Waals surface area contributed by atoms with Crippen LogP contribution < -0.4 is 25.5 Å². The van der Waals surface area contributed by atoms with Crippen molar-refractivity contribution in [1.82, 2.24) is 0 Å². The molecule has 2 unspecified atom stereocenters. The number of ether oxygens (including phenoxy) is 5. The molecule has 2 aromatic heterocycles. The highest BCUT2D eigenvalue weighted by molar-refractivity contribution is 6.09. The Morgan fingerprint density at radius 3 is 1.47 bits per heavy atom. The Morgan fingerprint density at radius 2 is 1.01 bits per heavy atom. The van der Waals surface area contributed by atoms with Crippen LogP contribution >= 0.6 is 0 Å². The molecular weight excluding hydrogens is 861 g/mol. The maximum atomic E-state index is 12.5. The highest BCUT2D eigenvalue weighted by atomic mass is 16.7. The van der Waals surface area contributed by atoms with E-state index in [-0.39, 0.29) is 24.4 Å². The fourth-order valence-electron chi connectivity index (χ4n) is 8.07. The van der Waals surface area contributed by atoms with E-state index < -0.39 is 11.3 Å². The Balaban J connectivity index is 0.000000151. The van der Waals surface area contributed by atoms with Gasteiger partial charge in [-0.3, -0.25) is 0 Å². The lowest BCUT2D eigenvalue weighted by Gasteiger charge is -2.24. The van der Waals surface area contributed by atoms with Crippen molar-refractivity contribution in [2.45, 2.75) is 71.1 Å². The van der Waals surface area contributed by atoms with Crippen molar-refractivity contribution in [3.8, 4) is 23.0 Å². The Kier molecular flexibility index (Phi) is 15.6. The molecule has 2 saturated heterocycles. The van der Waals surface area contributed by atoms with Crippen LogP contribution in [0.4, 0.5) is 0 Å². The van der Waals surface area contributed by atoms with Gasteiger partial charge in [0.25, 0.3) is 0 Å². The molecule has 12 nitrogen and oxygen atoms in total. The second-order valence-corrected chi connectivity index (χ2v) is 16.3. The summed E-state index contributed by atoms with van der Waals surface area (Å²) in [5, 5.41) is 11.0. The average molecular weight is 913 g/mol. The standard InChI is InChI=1S/C28H26O5.C15H16O5.C13H10N2/c1-19-23(31-26-14-8-9-17-30-26)16-15-22-24(18-25(29)33-27(19)22)32-28(20-10-4-2-5-11-20)21-12-6-3-7-13-21;1-9-12(19-14-4-2-3-7-18-14)6-5-10-11(16)8-13(17)20-15(9)10;14-15-13(11-7-3-1-4-8-11)12-9-5-2-6-10-12/h2-7,10-13,15-16,18,26,28H,8-9,14,17H2,1H3;5-6,8,14,16H,2-4,7H2,1H3;1-10H. The van der Waals surface area contributed by atoms with Crippen LogP contribution in [0.1, 0.15) is 78.0 Å². The Labute approximate surface area is 393 Å². The summed E-state index contributed by atoms with van der Waals surface area (Å²) in [7, 11) is 0. The number of hydrogen-bond donors (Lipinski definition) is 1. The summed E-state index contributed by atoms with van der Waals surface area (Å²) in [5.41, 5.74) is 14.6. The number of fused-ring (bicyclic) bond motifs is 2. The lowest BCUT2D eigenvalue weighted by molar-refractivity contribution is -0.106. The summed E-state index contributed by atoms with van der Waals surface area (Å²) < 4.78 is 40.4. The highest BCUT2D eigenvalue weighted by Gasteiger charge is 2.23. The minimum Gasteiger partial charge on any atom is -0.507 e. The van der Waals surface area contributed by atoms with Gasteiger partial charge in [-0.05, 0) is 99.2 Å². The quantitative estimate of drug-likeness (QED) is 0.0604. The molecule has 1 N–H and O–H groups in total. The summed E-state index contributed by atoms with van der Waals surface area (Å²) in [6, 6.07) is 48.8. The molecule has 10 rings (SSSR count). The van der Waals surface area contributed by atoms with Crippen LogP contribution in [-0.2, 0) is 9.47 Å². The zero-order valence-electron chi connectivity index (χ0n) is 37.9. The summed E-state index contributed by atoms with van der Waals surface area (Å²) >= 11 is 0. The number of nitrogens with zero attached hydrogens (tertiary/aromatic N) is 2. The van der Waals surface area contributed by atoms with Gasteiger partial charge in [-0.15, -0.1) is 0 Å². The molecule has 12 heteroatoms. The van der Waals surface area contributed by atoms with E-state index in [9.17, 15) is 14.7 Å². The number of rotatable bonds is 10. The molecular formula is C56H52N2O10. The van der Waals surface area contributed by atoms with Crippen molar-refractivity contribution in [2.75, 3.05) is 13.2 Å². The van der Waals surface area contributed by atoms with Gasteiger partial charge in [-0.1, -0.05) is 97.1 Å². The largest absolute Gasteiger partial charge is 0.507 e. The molecule has 8 aromatic rings. The zero-order chi connectivity index (χ0) is 47.2. The van der Waals surface area contributed by atoms with Crippen LogP contribution in [0.2, 0.25) is 0 Å². The normalized spacial score (nSPS) is 15.5. The van der Waals surface area contributed by atoms with E-state index in [1.807, 2.05) is 140 Å². The molecule has 2 aliphatic rings. The van der Waals surface area contributed by atoms with Crippen LogP contribution in [0.3, 0.4) is 0 Å². The predicted molar refractivity (Wildman–Crippen MR) is 260 cm³/mol. The first-order valence-corrected chi connectivity index (χ1v) is 22.8. The highest BCUT2D eigenvalue weighted by Crippen LogP contribution is 2.37. The first-order chi connectivity index (χ1) is 33.2. The van der Waals surface area contributed by atoms with E-state index in [1.165, 1.54) is 6.07 Å². The van der Waals surface area contributed by atoms with Gasteiger partial charge in [0.15, 0.2) is 12.6 Å². The molecule has 2 atom stereocenters. The van der Waals surface area contributed by atoms with E-state index in [0.717, 1.165) is 77.8 Å². The molecule has 2 fully saturated rings. The van der Waals surface area contributed by atoms with Crippen LogP contribution in [0.25, 0.3) is 27.5 Å². The van der Waals surface area contributed by atoms with E-state index in [1.54, 1.807) is 19.1 Å². The molecule has 4 heterocycles. The molecule has 0 aliphatic carbocycles. The number of aryl methyl sites for hydroxylation is 2. The van der Waals surface area contributed by atoms with Crippen molar-refractivity contribution in [1.29, 1.82) is 0 Å². The van der Waals surface area contributed by atoms with Gasteiger partial charge < -0.3 is 43.2 Å². The summed E-state index contributed by atoms with van der Waals surface area (Å²) in [4.78, 5) is 27.2. The third-order valence-electron chi connectivity index (χ3n) is 11.6. The third kappa shape index (κ3) is 11.6. The summed E-state index contributed by atoms with van der Waals surface area (Å²) in [6.07, 6.45) is 5.05. The van der Waals surface area contributed by atoms with Crippen LogP contribution in [0.15, 0.2) is 176 Å². The first kappa shape index (κ1) is 46.8. The molecule has 68 heavy (non-hydrogen) atoms. The van der Waals surface area contributed by atoms with Crippen molar-refractivity contribution < 1.29 is 42.4 Å². The molecule has 346 valence electrons. The van der Waals surface area contributed by atoms with Gasteiger partial charge in [0.05, 0.1) is 47.2 Å². The SMILES string of the molecule is Cc1c(OC2CCCCO2)ccc2c(O)cc(=O)oc12.Cc1c(OC2CCCCO2)ccc2c(OC(c3ccccc3)c3ccccc3)cc(=O)oc12.[N-]=[N+]=C(c1ccccc1)c1ccccc1. The molecule has 0 saturated carbocycles. The van der Waals surface area contributed by atoms with Gasteiger partial charge in [0, 0.05) is 24.0 Å². The van der Waals surface area contributed by atoms with E-state index in [4.69, 9.17) is 38.0 Å². The monoisotopic (exact) mass is 912 g/mol. The van der Waals surface area contributed by atoms with Gasteiger partial charge in [-0.2, -0.15) is 4.79 Å². The summed E-state index contributed by atoms with van der Waals surface area (Å²) in [6.45, 7) is 5.08. The minimum absolute atomic E-state index is 0.0835. The number of aromatic hydroxyl groups is 1. The van der Waals surface area contributed by atoms with Crippen molar-refractivity contribution in [2.24, 2.45) is 0 Å². The molecule has 2 aliphatic heterocycles. The maximum absolute atomic E-state index is 12.5.